The lowest BCUT2D eigenvalue weighted by Crippen LogP contribution is -2.12. The molecule has 118 valence electrons. The van der Waals surface area contributed by atoms with Crippen LogP contribution < -0.4 is 16.4 Å². The van der Waals surface area contributed by atoms with Gasteiger partial charge in [0, 0.05) is 19.3 Å². The molecule has 0 aliphatic carbocycles. The average Bonchev–Trinajstić information content (AvgIpc) is 2.51. The Labute approximate surface area is 131 Å². The standard InChI is InChI=1S/C16H23N5O/c1-11(2)12-4-6-13(7-5-12)21-16-14(17)15(19-10-20-16)18-8-9-22-3/h4-7,10-11H,8-9,17H2,1-3H3,(H2,18,19,20,21). The van der Waals surface area contributed by atoms with Gasteiger partial charge in [0.1, 0.15) is 12.0 Å². The third-order valence-electron chi connectivity index (χ3n) is 3.32. The number of nitrogens with one attached hydrogen (secondary N) is 2. The van der Waals surface area contributed by atoms with Gasteiger partial charge in [-0.1, -0.05) is 26.0 Å². The van der Waals surface area contributed by atoms with Crippen LogP contribution in [-0.2, 0) is 4.74 Å². The van der Waals surface area contributed by atoms with Gasteiger partial charge in [0.05, 0.1) is 6.61 Å². The number of ether oxygens (including phenoxy) is 1. The molecule has 2 aromatic rings. The number of aromatic nitrogens is 2. The molecule has 0 aliphatic rings. The van der Waals surface area contributed by atoms with Gasteiger partial charge in [-0.25, -0.2) is 9.97 Å². The van der Waals surface area contributed by atoms with Crippen molar-refractivity contribution in [3.63, 3.8) is 0 Å². The number of rotatable bonds is 7. The van der Waals surface area contributed by atoms with Crippen molar-refractivity contribution in [1.82, 2.24) is 9.97 Å². The monoisotopic (exact) mass is 301 g/mol. The molecular formula is C16H23N5O. The summed E-state index contributed by atoms with van der Waals surface area (Å²) in [4.78, 5) is 8.35. The average molecular weight is 301 g/mol. The molecule has 0 bridgehead atoms. The van der Waals surface area contributed by atoms with Crippen molar-refractivity contribution < 1.29 is 4.74 Å². The van der Waals surface area contributed by atoms with E-state index in [9.17, 15) is 0 Å². The Hall–Kier alpha value is -2.34. The van der Waals surface area contributed by atoms with E-state index in [4.69, 9.17) is 10.5 Å². The summed E-state index contributed by atoms with van der Waals surface area (Å²) < 4.78 is 5.00. The molecule has 6 heteroatoms. The minimum atomic E-state index is 0.492. The summed E-state index contributed by atoms with van der Waals surface area (Å²) in [6.07, 6.45) is 1.48. The summed E-state index contributed by atoms with van der Waals surface area (Å²) >= 11 is 0. The van der Waals surface area contributed by atoms with Crippen LogP contribution in [0.4, 0.5) is 23.0 Å². The van der Waals surface area contributed by atoms with Gasteiger partial charge < -0.3 is 21.1 Å². The van der Waals surface area contributed by atoms with Crippen LogP contribution in [0.25, 0.3) is 0 Å². The van der Waals surface area contributed by atoms with E-state index >= 15 is 0 Å². The van der Waals surface area contributed by atoms with Gasteiger partial charge in [-0.05, 0) is 23.6 Å². The van der Waals surface area contributed by atoms with Gasteiger partial charge in [0.2, 0.25) is 0 Å². The van der Waals surface area contributed by atoms with Gasteiger partial charge >= 0.3 is 0 Å². The highest BCUT2D eigenvalue weighted by atomic mass is 16.5. The van der Waals surface area contributed by atoms with Crippen molar-refractivity contribution in [2.75, 3.05) is 36.6 Å². The smallest absolute Gasteiger partial charge is 0.159 e. The Kier molecular flexibility index (Phi) is 5.55. The Morgan fingerprint density at radius 2 is 1.82 bits per heavy atom. The van der Waals surface area contributed by atoms with Crippen molar-refractivity contribution in [1.29, 1.82) is 0 Å². The number of methoxy groups -OCH3 is 1. The van der Waals surface area contributed by atoms with E-state index in [1.807, 2.05) is 12.1 Å². The van der Waals surface area contributed by atoms with Crippen LogP contribution >= 0.6 is 0 Å². The van der Waals surface area contributed by atoms with Crippen LogP contribution in [0.2, 0.25) is 0 Å². The molecular weight excluding hydrogens is 278 g/mol. The summed E-state index contributed by atoms with van der Waals surface area (Å²) in [7, 11) is 1.65. The molecule has 1 aromatic carbocycles. The first kappa shape index (κ1) is 16.0. The molecule has 0 amide bonds. The molecule has 1 heterocycles. The fourth-order valence-electron chi connectivity index (χ4n) is 2.00. The molecule has 6 nitrogen and oxygen atoms in total. The predicted octanol–water partition coefficient (Wildman–Crippen LogP) is 2.98. The fraction of sp³-hybridized carbons (Fsp3) is 0.375. The van der Waals surface area contributed by atoms with Gasteiger partial charge in [0.15, 0.2) is 11.6 Å². The molecule has 22 heavy (non-hydrogen) atoms. The van der Waals surface area contributed by atoms with Crippen molar-refractivity contribution in [3.8, 4) is 0 Å². The van der Waals surface area contributed by atoms with E-state index < -0.39 is 0 Å². The van der Waals surface area contributed by atoms with Gasteiger partial charge in [-0.15, -0.1) is 0 Å². The van der Waals surface area contributed by atoms with Crippen LogP contribution in [0.1, 0.15) is 25.3 Å². The molecule has 0 unspecified atom stereocenters. The second-order valence-electron chi connectivity index (χ2n) is 5.31. The first-order valence-corrected chi connectivity index (χ1v) is 7.32. The van der Waals surface area contributed by atoms with Crippen LogP contribution in [0, 0.1) is 0 Å². The first-order chi connectivity index (χ1) is 10.6. The van der Waals surface area contributed by atoms with E-state index in [-0.39, 0.29) is 0 Å². The summed E-state index contributed by atoms with van der Waals surface area (Å²) in [6.45, 7) is 5.56. The lowest BCUT2D eigenvalue weighted by atomic mass is 10.0. The van der Waals surface area contributed by atoms with Gasteiger partial charge in [-0.3, -0.25) is 0 Å². The molecule has 1 aromatic heterocycles. The summed E-state index contributed by atoms with van der Waals surface area (Å²) in [5.41, 5.74) is 8.83. The Morgan fingerprint density at radius 3 is 2.45 bits per heavy atom. The zero-order valence-electron chi connectivity index (χ0n) is 13.3. The number of nitrogens with zero attached hydrogens (tertiary/aromatic N) is 2. The highest BCUT2D eigenvalue weighted by molar-refractivity contribution is 5.77. The van der Waals surface area contributed by atoms with Crippen LogP contribution in [-0.4, -0.2) is 30.2 Å². The molecule has 0 fully saturated rings. The quantitative estimate of drug-likeness (QED) is 0.682. The summed E-state index contributed by atoms with van der Waals surface area (Å²) in [6, 6.07) is 8.24. The second-order valence-corrected chi connectivity index (χ2v) is 5.31. The lowest BCUT2D eigenvalue weighted by Gasteiger charge is -2.13. The number of anilines is 4. The molecule has 0 saturated carbocycles. The van der Waals surface area contributed by atoms with Gasteiger partial charge in [-0.2, -0.15) is 0 Å². The largest absolute Gasteiger partial charge is 0.393 e. The maximum atomic E-state index is 6.10. The van der Waals surface area contributed by atoms with Crippen molar-refractivity contribution >= 4 is 23.0 Å². The third-order valence-corrected chi connectivity index (χ3v) is 3.32. The summed E-state index contributed by atoms with van der Waals surface area (Å²) in [5, 5.41) is 6.34. The molecule has 0 atom stereocenters. The lowest BCUT2D eigenvalue weighted by molar-refractivity contribution is 0.210. The SMILES string of the molecule is COCCNc1ncnc(Nc2ccc(C(C)C)cc2)c1N. The van der Waals surface area contributed by atoms with E-state index in [2.05, 4.69) is 46.6 Å². The summed E-state index contributed by atoms with van der Waals surface area (Å²) in [5.74, 6) is 1.70. The zero-order valence-corrected chi connectivity index (χ0v) is 13.3. The van der Waals surface area contributed by atoms with E-state index in [1.54, 1.807) is 7.11 Å². The Morgan fingerprint density at radius 1 is 1.14 bits per heavy atom. The molecule has 0 saturated heterocycles. The minimum absolute atomic E-state index is 0.492. The highest BCUT2D eigenvalue weighted by Gasteiger charge is 2.08. The normalized spacial score (nSPS) is 10.7. The fourth-order valence-corrected chi connectivity index (χ4v) is 2.00. The molecule has 2 rings (SSSR count). The predicted molar refractivity (Wildman–Crippen MR) is 90.6 cm³/mol. The molecule has 0 radical (unpaired) electrons. The van der Waals surface area contributed by atoms with Gasteiger partial charge in [0.25, 0.3) is 0 Å². The Balaban J connectivity index is 2.10. The Bertz CT molecular complexity index is 598. The number of hydrogen-bond donors (Lipinski definition) is 3. The van der Waals surface area contributed by atoms with Crippen molar-refractivity contribution in [2.24, 2.45) is 0 Å². The number of nitrogens with two attached hydrogens (primary N) is 1. The molecule has 0 aliphatic heterocycles. The van der Waals surface area contributed by atoms with E-state index in [1.165, 1.54) is 11.9 Å². The van der Waals surface area contributed by atoms with Crippen LogP contribution in [0.3, 0.4) is 0 Å². The third kappa shape index (κ3) is 4.08. The maximum absolute atomic E-state index is 6.10. The van der Waals surface area contributed by atoms with Crippen molar-refractivity contribution in [3.05, 3.63) is 36.2 Å². The zero-order chi connectivity index (χ0) is 15.9. The minimum Gasteiger partial charge on any atom is -0.393 e. The number of hydrogen-bond acceptors (Lipinski definition) is 6. The number of nitrogen functional groups attached to an aromatic ring is 1. The van der Waals surface area contributed by atoms with Crippen LogP contribution in [0.15, 0.2) is 30.6 Å². The van der Waals surface area contributed by atoms with E-state index in [0.29, 0.717) is 36.4 Å². The highest BCUT2D eigenvalue weighted by Crippen LogP contribution is 2.26. The van der Waals surface area contributed by atoms with Crippen molar-refractivity contribution in [2.45, 2.75) is 19.8 Å². The molecule has 0 spiro atoms. The van der Waals surface area contributed by atoms with E-state index in [0.717, 1.165) is 5.69 Å². The molecule has 4 N–H and O–H groups in total. The van der Waals surface area contributed by atoms with Crippen LogP contribution in [0.5, 0.6) is 0 Å². The maximum Gasteiger partial charge on any atom is 0.159 e. The number of benzene rings is 1. The first-order valence-electron chi connectivity index (χ1n) is 7.32. The topological polar surface area (TPSA) is 85.1 Å². The second kappa shape index (κ2) is 7.61.